The molecule has 10 heteroatoms. The molecule has 0 aromatic heterocycles. The predicted octanol–water partition coefficient (Wildman–Crippen LogP) is 0.221. The second kappa shape index (κ2) is 14.0. The molecule has 0 saturated carbocycles. The number of rotatable bonds is 0. The van der Waals surface area contributed by atoms with Crippen molar-refractivity contribution in [3.8, 4) is 0 Å². The summed E-state index contributed by atoms with van der Waals surface area (Å²) in [7, 11) is 0. The van der Waals surface area contributed by atoms with Crippen molar-refractivity contribution in [1.82, 2.24) is 20.8 Å². The van der Waals surface area contributed by atoms with Crippen molar-refractivity contribution in [1.29, 1.82) is 0 Å². The minimum atomic E-state index is -0.616. The lowest BCUT2D eigenvalue weighted by atomic mass is 10.2. The van der Waals surface area contributed by atoms with E-state index in [9.17, 15) is 29.6 Å². The quantitative estimate of drug-likeness (QED) is 0.337. The summed E-state index contributed by atoms with van der Waals surface area (Å²) in [6, 6.07) is 0. The van der Waals surface area contributed by atoms with Crippen LogP contribution in [0.5, 0.6) is 0 Å². The molecule has 0 unspecified atom stereocenters. The second-order valence-electron chi connectivity index (χ2n) is 6.90. The van der Waals surface area contributed by atoms with Gasteiger partial charge in [-0.25, -0.2) is 10.1 Å². The van der Waals surface area contributed by atoms with Crippen molar-refractivity contribution in [2.45, 2.75) is 57.8 Å². The molecule has 3 amide bonds. The first-order chi connectivity index (χ1) is 13.4. The van der Waals surface area contributed by atoms with Crippen LogP contribution in [0.15, 0.2) is 0 Å². The lowest BCUT2D eigenvalue weighted by molar-refractivity contribution is -0.166. The maximum absolute atomic E-state index is 11.8. The van der Waals surface area contributed by atoms with Crippen LogP contribution in [-0.4, -0.2) is 76.8 Å². The fourth-order valence-electron chi connectivity index (χ4n) is 2.72. The van der Waals surface area contributed by atoms with Crippen molar-refractivity contribution in [3.63, 3.8) is 0 Å². The van der Waals surface area contributed by atoms with E-state index in [4.69, 9.17) is 0 Å². The highest BCUT2D eigenvalue weighted by Gasteiger charge is 2.16. The third kappa shape index (κ3) is 11.0. The van der Waals surface area contributed by atoms with Gasteiger partial charge in [-0.1, -0.05) is 6.42 Å². The van der Waals surface area contributed by atoms with Crippen LogP contribution >= 0.6 is 0 Å². The Labute approximate surface area is 165 Å². The minimum Gasteiger partial charge on any atom is -0.356 e. The Hall–Kier alpha value is -2.04. The molecule has 1 fully saturated rings. The first-order valence-electron chi connectivity index (χ1n) is 9.87. The van der Waals surface area contributed by atoms with E-state index in [1.807, 2.05) is 0 Å². The number of amides is 3. The average Bonchev–Trinajstić information content (AvgIpc) is 2.66. The van der Waals surface area contributed by atoms with Crippen molar-refractivity contribution >= 4 is 23.5 Å². The van der Waals surface area contributed by atoms with E-state index in [0.29, 0.717) is 48.9 Å². The highest BCUT2D eigenvalue weighted by Crippen LogP contribution is 2.02. The van der Waals surface area contributed by atoms with Crippen LogP contribution in [0.25, 0.3) is 0 Å². The number of nitrogens with one attached hydrogen (secondary N) is 2. The van der Waals surface area contributed by atoms with Gasteiger partial charge in [0.15, 0.2) is 5.78 Å². The molecule has 0 atom stereocenters. The number of hydrogen-bond acceptors (Lipinski definition) is 7. The largest absolute Gasteiger partial charge is 0.356 e. The molecule has 0 spiro atoms. The van der Waals surface area contributed by atoms with Gasteiger partial charge in [0.05, 0.1) is 13.0 Å². The fourth-order valence-corrected chi connectivity index (χ4v) is 2.72. The molecule has 160 valence electrons. The van der Waals surface area contributed by atoms with Crippen LogP contribution in [0.1, 0.15) is 57.8 Å². The second-order valence-corrected chi connectivity index (χ2v) is 6.90. The Kier molecular flexibility index (Phi) is 12.0. The molecular weight excluding hydrogens is 368 g/mol. The Bertz CT molecular complexity index is 528. The van der Waals surface area contributed by atoms with Gasteiger partial charge in [0, 0.05) is 32.5 Å². The Balaban J connectivity index is 2.46. The Morgan fingerprint density at radius 2 is 1.32 bits per heavy atom. The molecule has 0 aromatic carbocycles. The molecule has 0 radical (unpaired) electrons. The standard InChI is InChI=1S/C18H32N4O6/c23-15-13-18(26)22(28)12-6-2-4-10-20-16(24)7-8-17(25)21(27)11-5-1-3-9-19-14-15/h19,27-28H,1-14H2,(H,20,24). The lowest BCUT2D eigenvalue weighted by Gasteiger charge is -2.16. The highest BCUT2D eigenvalue weighted by molar-refractivity contribution is 5.98. The third-order valence-corrected chi connectivity index (χ3v) is 4.40. The third-order valence-electron chi connectivity index (χ3n) is 4.40. The van der Waals surface area contributed by atoms with E-state index in [-0.39, 0.29) is 50.6 Å². The first kappa shape index (κ1) is 24.0. The molecule has 10 nitrogen and oxygen atoms in total. The molecule has 4 N–H and O–H groups in total. The van der Waals surface area contributed by atoms with Crippen LogP contribution in [0, 0.1) is 0 Å². The highest BCUT2D eigenvalue weighted by atomic mass is 16.5. The number of carbonyl (C=O) groups is 4. The Morgan fingerprint density at radius 1 is 0.714 bits per heavy atom. The Morgan fingerprint density at radius 3 is 2.00 bits per heavy atom. The van der Waals surface area contributed by atoms with Crippen LogP contribution in [0.3, 0.4) is 0 Å². The molecule has 1 saturated heterocycles. The summed E-state index contributed by atoms with van der Waals surface area (Å²) < 4.78 is 0. The molecule has 1 rings (SSSR count). The summed E-state index contributed by atoms with van der Waals surface area (Å²) in [6.07, 6.45) is 3.61. The van der Waals surface area contributed by atoms with Gasteiger partial charge in [-0.15, -0.1) is 0 Å². The van der Waals surface area contributed by atoms with E-state index in [0.717, 1.165) is 12.8 Å². The molecule has 0 bridgehead atoms. The number of ketones is 1. The molecular formula is C18H32N4O6. The van der Waals surface area contributed by atoms with Crippen LogP contribution in [-0.2, 0) is 19.2 Å². The van der Waals surface area contributed by atoms with E-state index >= 15 is 0 Å². The van der Waals surface area contributed by atoms with Gasteiger partial charge in [-0.05, 0) is 38.6 Å². The van der Waals surface area contributed by atoms with Crippen molar-refractivity contribution in [2.24, 2.45) is 0 Å². The first-order valence-corrected chi connectivity index (χ1v) is 9.87. The van der Waals surface area contributed by atoms with E-state index in [1.54, 1.807) is 0 Å². The number of hydroxylamine groups is 4. The monoisotopic (exact) mass is 400 g/mol. The van der Waals surface area contributed by atoms with Gasteiger partial charge in [0.1, 0.15) is 0 Å². The maximum atomic E-state index is 11.8. The zero-order chi connectivity index (χ0) is 20.8. The van der Waals surface area contributed by atoms with E-state index in [1.165, 1.54) is 0 Å². The normalized spacial score (nSPS) is 21.6. The van der Waals surface area contributed by atoms with Crippen molar-refractivity contribution in [2.75, 3.05) is 32.7 Å². The van der Waals surface area contributed by atoms with Gasteiger partial charge in [-0.2, -0.15) is 0 Å². The zero-order valence-electron chi connectivity index (χ0n) is 16.3. The van der Waals surface area contributed by atoms with Crippen molar-refractivity contribution < 1.29 is 29.6 Å². The van der Waals surface area contributed by atoms with E-state index in [2.05, 4.69) is 10.6 Å². The van der Waals surface area contributed by atoms with Crippen LogP contribution in [0.4, 0.5) is 0 Å². The SMILES string of the molecule is O=C1CNCCCCCN(O)C(=O)CCC(=O)NCCCCCN(O)C(=O)C1. The molecule has 28 heavy (non-hydrogen) atoms. The van der Waals surface area contributed by atoms with Gasteiger partial charge in [0.2, 0.25) is 11.8 Å². The lowest BCUT2D eigenvalue weighted by Crippen LogP contribution is -2.33. The summed E-state index contributed by atoms with van der Waals surface area (Å²) in [5, 5.41) is 26.3. The number of hydrogen-bond donors (Lipinski definition) is 4. The fraction of sp³-hybridized carbons (Fsp3) is 0.778. The molecule has 0 aromatic rings. The average molecular weight is 400 g/mol. The molecule has 1 aliphatic heterocycles. The topological polar surface area (TPSA) is 139 Å². The van der Waals surface area contributed by atoms with Gasteiger partial charge < -0.3 is 10.6 Å². The summed E-state index contributed by atoms with van der Waals surface area (Å²) in [4.78, 5) is 47.0. The minimum absolute atomic E-state index is 0.0206. The summed E-state index contributed by atoms with van der Waals surface area (Å²) in [6.45, 7) is 1.39. The number of nitrogens with zero attached hydrogens (tertiary/aromatic N) is 2. The van der Waals surface area contributed by atoms with Crippen molar-refractivity contribution in [3.05, 3.63) is 0 Å². The number of carbonyl (C=O) groups excluding carboxylic acids is 4. The summed E-state index contributed by atoms with van der Waals surface area (Å²) in [5.41, 5.74) is 0. The van der Waals surface area contributed by atoms with E-state index < -0.39 is 11.8 Å². The maximum Gasteiger partial charge on any atom is 0.253 e. The van der Waals surface area contributed by atoms with Crippen LogP contribution in [0.2, 0.25) is 0 Å². The predicted molar refractivity (Wildman–Crippen MR) is 99.4 cm³/mol. The molecule has 1 heterocycles. The zero-order valence-corrected chi connectivity index (χ0v) is 16.3. The van der Waals surface area contributed by atoms with Crippen LogP contribution < -0.4 is 10.6 Å². The molecule has 0 aliphatic carbocycles. The van der Waals surface area contributed by atoms with Gasteiger partial charge in [-0.3, -0.25) is 29.6 Å². The summed E-state index contributed by atoms with van der Waals surface area (Å²) in [5.74, 6) is -1.64. The smallest absolute Gasteiger partial charge is 0.253 e. The summed E-state index contributed by atoms with van der Waals surface area (Å²) >= 11 is 0. The van der Waals surface area contributed by atoms with Gasteiger partial charge in [0.25, 0.3) is 5.91 Å². The number of Topliss-reactive ketones (excluding diaryl/α,β-unsaturated/α-hetero) is 1. The molecule has 1 aliphatic rings. The van der Waals surface area contributed by atoms with Gasteiger partial charge >= 0.3 is 0 Å².